The van der Waals surface area contributed by atoms with E-state index in [0.717, 1.165) is 38.2 Å². The molecule has 0 N–H and O–H groups in total. The molecule has 0 unspecified atom stereocenters. The molecular formula is C28H33N5O2. The molecule has 2 aliphatic heterocycles. The Morgan fingerprint density at radius 1 is 1.14 bits per heavy atom. The van der Waals surface area contributed by atoms with E-state index >= 15 is 0 Å². The van der Waals surface area contributed by atoms with Crippen LogP contribution < -0.4 is 4.74 Å². The van der Waals surface area contributed by atoms with Crippen molar-refractivity contribution in [1.82, 2.24) is 19.4 Å². The van der Waals surface area contributed by atoms with Gasteiger partial charge in [0.25, 0.3) is 5.91 Å². The lowest BCUT2D eigenvalue weighted by Gasteiger charge is -2.33. The third kappa shape index (κ3) is 5.18. The van der Waals surface area contributed by atoms with E-state index in [1.54, 1.807) is 12.1 Å². The van der Waals surface area contributed by atoms with Crippen molar-refractivity contribution in [2.24, 2.45) is 0 Å². The molecule has 1 aromatic carbocycles. The second kappa shape index (κ2) is 10.5. The van der Waals surface area contributed by atoms with Crippen LogP contribution in [0.25, 0.3) is 10.9 Å². The number of benzene rings is 1. The Labute approximate surface area is 206 Å². The fourth-order valence-corrected chi connectivity index (χ4v) is 5.45. The van der Waals surface area contributed by atoms with Crippen LogP contribution in [0.2, 0.25) is 0 Å². The highest BCUT2D eigenvalue weighted by Gasteiger charge is 2.25. The van der Waals surface area contributed by atoms with Crippen molar-refractivity contribution in [3.63, 3.8) is 0 Å². The lowest BCUT2D eigenvalue weighted by Crippen LogP contribution is -2.39. The van der Waals surface area contributed by atoms with E-state index in [1.165, 1.54) is 36.5 Å². The second-order valence-corrected chi connectivity index (χ2v) is 9.74. The zero-order valence-electron chi connectivity index (χ0n) is 20.4. The smallest absolute Gasteiger partial charge is 0.255 e. The molecule has 35 heavy (non-hydrogen) atoms. The van der Waals surface area contributed by atoms with Crippen molar-refractivity contribution in [2.75, 3.05) is 32.8 Å². The van der Waals surface area contributed by atoms with Gasteiger partial charge >= 0.3 is 0 Å². The number of nitriles is 1. The van der Waals surface area contributed by atoms with E-state index < -0.39 is 0 Å². The quantitative estimate of drug-likeness (QED) is 0.470. The Morgan fingerprint density at radius 2 is 2.00 bits per heavy atom. The Balaban J connectivity index is 1.15. The van der Waals surface area contributed by atoms with E-state index in [-0.39, 0.29) is 5.91 Å². The summed E-state index contributed by atoms with van der Waals surface area (Å²) in [5, 5.41) is 10.1. The summed E-state index contributed by atoms with van der Waals surface area (Å²) in [6.45, 7) is 6.82. The maximum Gasteiger partial charge on any atom is 0.255 e. The van der Waals surface area contributed by atoms with Crippen molar-refractivity contribution in [2.45, 2.75) is 51.1 Å². The molecule has 0 aliphatic carbocycles. The van der Waals surface area contributed by atoms with Gasteiger partial charge in [-0.15, -0.1) is 0 Å². The number of fused-ring (bicyclic) bond motifs is 1. The molecule has 7 heteroatoms. The normalized spacial score (nSPS) is 19.2. The van der Waals surface area contributed by atoms with Gasteiger partial charge in [-0.05, 0) is 82.0 Å². The minimum Gasteiger partial charge on any atom is -0.494 e. The largest absolute Gasteiger partial charge is 0.494 e. The fourth-order valence-electron chi connectivity index (χ4n) is 5.45. The molecule has 182 valence electrons. The van der Waals surface area contributed by atoms with E-state index in [1.807, 2.05) is 11.0 Å². The monoisotopic (exact) mass is 471 g/mol. The maximum atomic E-state index is 12.8. The van der Waals surface area contributed by atoms with Gasteiger partial charge in [-0.2, -0.15) is 5.26 Å². The van der Waals surface area contributed by atoms with Crippen LogP contribution in [0.1, 0.15) is 61.1 Å². The van der Waals surface area contributed by atoms with Gasteiger partial charge < -0.3 is 19.1 Å². The molecule has 1 atom stereocenters. The zero-order valence-corrected chi connectivity index (χ0v) is 20.4. The highest BCUT2D eigenvalue weighted by molar-refractivity contribution is 5.94. The number of ether oxygens (including phenoxy) is 1. The van der Waals surface area contributed by atoms with Crippen LogP contribution in [0.4, 0.5) is 0 Å². The predicted octanol–water partition coefficient (Wildman–Crippen LogP) is 4.64. The highest BCUT2D eigenvalue weighted by Crippen LogP contribution is 2.30. The molecule has 5 rings (SSSR count). The van der Waals surface area contributed by atoms with Crippen LogP contribution in [0.5, 0.6) is 5.75 Å². The first-order valence-corrected chi connectivity index (χ1v) is 12.8. The van der Waals surface area contributed by atoms with Crippen LogP contribution in [0.3, 0.4) is 0 Å². The summed E-state index contributed by atoms with van der Waals surface area (Å²) in [7, 11) is 0. The van der Waals surface area contributed by atoms with Gasteiger partial charge in [-0.25, -0.2) is 4.98 Å². The molecule has 0 spiro atoms. The van der Waals surface area contributed by atoms with Gasteiger partial charge in [0.15, 0.2) is 0 Å². The van der Waals surface area contributed by atoms with Crippen LogP contribution in [-0.4, -0.2) is 64.1 Å². The number of hydrogen-bond acceptors (Lipinski definition) is 5. The van der Waals surface area contributed by atoms with E-state index in [0.29, 0.717) is 36.4 Å². The van der Waals surface area contributed by atoms with Crippen LogP contribution >= 0.6 is 0 Å². The Morgan fingerprint density at radius 3 is 2.71 bits per heavy atom. The lowest BCUT2D eigenvalue weighted by molar-refractivity contribution is 0.0695. The summed E-state index contributed by atoms with van der Waals surface area (Å²) in [6.07, 6.45) is 9.17. The standard InChI is InChI=1S/C28H33N5O2/c1-21-4-2-12-31(21)13-3-17-35-26-7-8-27-22(18-26)9-16-33(27)25-10-14-32(15-11-25)28(34)23-5-6-24(19-29)30-20-23/h5-9,16,18,20-21,25H,2-4,10-15,17H2,1H3/t21-/m1/s1. The molecule has 2 aromatic heterocycles. The molecule has 4 heterocycles. The first kappa shape index (κ1) is 23.4. The number of carbonyl (C=O) groups excluding carboxylic acids is 1. The van der Waals surface area contributed by atoms with E-state index in [4.69, 9.17) is 10.00 Å². The number of carbonyl (C=O) groups is 1. The third-order valence-corrected chi connectivity index (χ3v) is 7.51. The third-order valence-electron chi connectivity index (χ3n) is 7.51. The molecule has 0 saturated carbocycles. The first-order chi connectivity index (χ1) is 17.1. The topological polar surface area (TPSA) is 74.4 Å². The van der Waals surface area contributed by atoms with Gasteiger partial charge in [0, 0.05) is 55.0 Å². The zero-order chi connectivity index (χ0) is 24.2. The molecule has 0 bridgehead atoms. The van der Waals surface area contributed by atoms with Crippen LogP contribution in [0, 0.1) is 11.3 Å². The van der Waals surface area contributed by atoms with Gasteiger partial charge in [0.2, 0.25) is 0 Å². The van der Waals surface area contributed by atoms with Gasteiger partial charge in [0.05, 0.1) is 12.2 Å². The van der Waals surface area contributed by atoms with Gasteiger partial charge in [-0.1, -0.05) is 0 Å². The minimum absolute atomic E-state index is 0.0150. The van der Waals surface area contributed by atoms with Gasteiger partial charge in [0.1, 0.15) is 17.5 Å². The molecule has 0 radical (unpaired) electrons. The number of amides is 1. The number of rotatable bonds is 7. The number of likely N-dealkylation sites (tertiary alicyclic amines) is 2. The fraction of sp³-hybridized carbons (Fsp3) is 0.464. The summed E-state index contributed by atoms with van der Waals surface area (Å²) in [5.74, 6) is 0.917. The predicted molar refractivity (Wildman–Crippen MR) is 135 cm³/mol. The minimum atomic E-state index is -0.0150. The number of hydrogen-bond donors (Lipinski definition) is 0. The number of nitrogens with zero attached hydrogens (tertiary/aromatic N) is 5. The van der Waals surface area contributed by atoms with Crippen molar-refractivity contribution in [3.05, 3.63) is 60.0 Å². The molecule has 1 amide bonds. The molecule has 3 aromatic rings. The molecule has 2 saturated heterocycles. The average molecular weight is 472 g/mol. The number of pyridine rings is 1. The van der Waals surface area contributed by atoms with Crippen LogP contribution in [0.15, 0.2) is 48.8 Å². The van der Waals surface area contributed by atoms with Crippen molar-refractivity contribution in [1.29, 1.82) is 5.26 Å². The molecule has 2 fully saturated rings. The second-order valence-electron chi connectivity index (χ2n) is 9.74. The SMILES string of the molecule is C[C@@H]1CCCN1CCCOc1ccc2c(ccn2C2CCN(C(=O)c3ccc(C#N)nc3)CC2)c1. The molecular weight excluding hydrogens is 438 g/mol. The average Bonchev–Trinajstić information content (AvgIpc) is 3.52. The van der Waals surface area contributed by atoms with Gasteiger partial charge in [-0.3, -0.25) is 4.79 Å². The summed E-state index contributed by atoms with van der Waals surface area (Å²) >= 11 is 0. The van der Waals surface area contributed by atoms with Crippen molar-refractivity contribution >= 4 is 16.8 Å². The number of piperidine rings is 1. The summed E-state index contributed by atoms with van der Waals surface area (Å²) in [6, 6.07) is 14.9. The lowest BCUT2D eigenvalue weighted by atomic mass is 10.0. The highest BCUT2D eigenvalue weighted by atomic mass is 16.5. The molecule has 2 aliphatic rings. The van der Waals surface area contributed by atoms with E-state index in [2.05, 4.69) is 51.8 Å². The maximum absolute atomic E-state index is 12.8. The summed E-state index contributed by atoms with van der Waals surface area (Å²) in [4.78, 5) is 21.3. The Hall–Kier alpha value is -3.37. The summed E-state index contributed by atoms with van der Waals surface area (Å²) in [5.41, 5.74) is 2.07. The Kier molecular flexibility index (Phi) is 7.01. The van der Waals surface area contributed by atoms with E-state index in [9.17, 15) is 4.79 Å². The van der Waals surface area contributed by atoms with Crippen LogP contribution in [-0.2, 0) is 0 Å². The summed E-state index contributed by atoms with van der Waals surface area (Å²) < 4.78 is 8.40. The molecule has 7 nitrogen and oxygen atoms in total. The van der Waals surface area contributed by atoms with Crippen molar-refractivity contribution in [3.8, 4) is 11.8 Å². The van der Waals surface area contributed by atoms with Crippen molar-refractivity contribution < 1.29 is 9.53 Å². The first-order valence-electron chi connectivity index (χ1n) is 12.8. The Bertz CT molecular complexity index is 1200. The number of aromatic nitrogens is 2.